The van der Waals surface area contributed by atoms with Gasteiger partial charge in [-0.25, -0.2) is 0 Å². The van der Waals surface area contributed by atoms with E-state index in [1.807, 2.05) is 0 Å². The molecule has 2 heteroatoms. The highest BCUT2D eigenvalue weighted by Gasteiger charge is 2.24. The van der Waals surface area contributed by atoms with Gasteiger partial charge in [-0.15, -0.1) is 0 Å². The smallest absolute Gasteiger partial charge is 0.107 e. The SMILES string of the molecule is c1cc([C@@H]2CO2)cs1. The molecule has 1 nitrogen and oxygen atoms in total. The zero-order chi connectivity index (χ0) is 5.40. The Morgan fingerprint density at radius 1 is 1.75 bits per heavy atom. The van der Waals surface area contributed by atoms with Crippen LogP contribution in [0.25, 0.3) is 0 Å². The molecule has 2 rings (SSSR count). The lowest BCUT2D eigenvalue weighted by molar-refractivity contribution is 0.416. The summed E-state index contributed by atoms with van der Waals surface area (Å²) >= 11 is 1.73. The Bertz CT molecular complexity index is 165. The Morgan fingerprint density at radius 3 is 3.12 bits per heavy atom. The predicted octanol–water partition coefficient (Wildman–Crippen LogP) is 1.82. The zero-order valence-corrected chi connectivity index (χ0v) is 5.15. The average Bonchev–Trinajstić information content (AvgIpc) is 2.49. The molecule has 0 unspecified atom stereocenters. The highest BCUT2D eigenvalue weighted by Crippen LogP contribution is 2.30. The molecule has 0 saturated carbocycles. The van der Waals surface area contributed by atoms with Crippen LogP contribution in [0.5, 0.6) is 0 Å². The summed E-state index contributed by atoms with van der Waals surface area (Å²) in [5.41, 5.74) is 1.34. The van der Waals surface area contributed by atoms with E-state index in [1.165, 1.54) is 5.56 Å². The van der Waals surface area contributed by atoms with Crippen molar-refractivity contribution in [3.63, 3.8) is 0 Å². The molecule has 1 aromatic heterocycles. The number of rotatable bonds is 1. The first-order valence-corrected chi connectivity index (χ1v) is 3.55. The summed E-state index contributed by atoms with van der Waals surface area (Å²) in [7, 11) is 0. The second kappa shape index (κ2) is 1.57. The Kier molecular flexibility index (Phi) is 0.889. The van der Waals surface area contributed by atoms with Crippen molar-refractivity contribution in [2.45, 2.75) is 6.10 Å². The van der Waals surface area contributed by atoms with Crippen LogP contribution in [0.1, 0.15) is 11.7 Å². The summed E-state index contributed by atoms with van der Waals surface area (Å²) in [5.74, 6) is 0. The molecule has 0 aliphatic carbocycles. The van der Waals surface area contributed by atoms with E-state index in [-0.39, 0.29) is 0 Å². The molecule has 0 amide bonds. The van der Waals surface area contributed by atoms with E-state index in [0.29, 0.717) is 6.10 Å². The highest BCUT2D eigenvalue weighted by molar-refractivity contribution is 7.07. The van der Waals surface area contributed by atoms with Crippen LogP contribution < -0.4 is 0 Å². The third kappa shape index (κ3) is 0.659. The Labute approximate surface area is 51.9 Å². The van der Waals surface area contributed by atoms with Gasteiger partial charge >= 0.3 is 0 Å². The minimum atomic E-state index is 0.446. The summed E-state index contributed by atoms with van der Waals surface area (Å²) in [5, 5.41) is 4.22. The molecule has 42 valence electrons. The van der Waals surface area contributed by atoms with Gasteiger partial charge in [0.25, 0.3) is 0 Å². The van der Waals surface area contributed by atoms with Crippen molar-refractivity contribution in [3.05, 3.63) is 22.4 Å². The maximum Gasteiger partial charge on any atom is 0.107 e. The van der Waals surface area contributed by atoms with Crippen LogP contribution in [0.15, 0.2) is 16.8 Å². The highest BCUT2D eigenvalue weighted by atomic mass is 32.1. The fraction of sp³-hybridized carbons (Fsp3) is 0.333. The van der Waals surface area contributed by atoms with E-state index >= 15 is 0 Å². The van der Waals surface area contributed by atoms with Gasteiger partial charge in [0.1, 0.15) is 6.10 Å². The lowest BCUT2D eigenvalue weighted by Crippen LogP contribution is -1.68. The second-order valence-electron chi connectivity index (χ2n) is 1.88. The van der Waals surface area contributed by atoms with Gasteiger partial charge in [0.05, 0.1) is 6.61 Å². The number of epoxide rings is 1. The molecular formula is C6H6OS. The molecule has 1 aliphatic rings. The Balaban J connectivity index is 2.28. The third-order valence-electron chi connectivity index (χ3n) is 1.25. The minimum absolute atomic E-state index is 0.446. The quantitative estimate of drug-likeness (QED) is 0.523. The molecule has 1 aliphatic heterocycles. The molecule has 0 radical (unpaired) electrons. The molecule has 1 saturated heterocycles. The van der Waals surface area contributed by atoms with E-state index in [1.54, 1.807) is 11.3 Å². The lowest BCUT2D eigenvalue weighted by Gasteiger charge is -1.79. The summed E-state index contributed by atoms with van der Waals surface area (Å²) < 4.78 is 5.06. The first-order chi connectivity index (χ1) is 3.97. The van der Waals surface area contributed by atoms with Gasteiger partial charge in [-0.2, -0.15) is 11.3 Å². The predicted molar refractivity (Wildman–Crippen MR) is 33.0 cm³/mol. The van der Waals surface area contributed by atoms with Gasteiger partial charge in [-0.3, -0.25) is 0 Å². The van der Waals surface area contributed by atoms with E-state index in [4.69, 9.17) is 4.74 Å². The zero-order valence-electron chi connectivity index (χ0n) is 4.33. The standard InChI is InChI=1S/C6H6OS/c1-2-8-4-5(1)6-3-7-6/h1-2,4,6H,3H2/t6-/m0/s1. The monoisotopic (exact) mass is 126 g/mol. The summed E-state index contributed by atoms with van der Waals surface area (Å²) in [6, 6.07) is 2.11. The van der Waals surface area contributed by atoms with Gasteiger partial charge in [0, 0.05) is 0 Å². The maximum absolute atomic E-state index is 5.06. The second-order valence-corrected chi connectivity index (χ2v) is 2.66. The van der Waals surface area contributed by atoms with Crippen molar-refractivity contribution in [2.24, 2.45) is 0 Å². The summed E-state index contributed by atoms with van der Waals surface area (Å²) in [6.07, 6.45) is 0.446. The molecule has 1 aromatic rings. The first-order valence-electron chi connectivity index (χ1n) is 2.60. The van der Waals surface area contributed by atoms with Gasteiger partial charge in [-0.1, -0.05) is 0 Å². The van der Waals surface area contributed by atoms with Crippen LogP contribution >= 0.6 is 11.3 Å². The van der Waals surface area contributed by atoms with Crippen molar-refractivity contribution in [1.29, 1.82) is 0 Å². The molecule has 2 heterocycles. The molecule has 0 bridgehead atoms. The van der Waals surface area contributed by atoms with Crippen LogP contribution in [0.4, 0.5) is 0 Å². The van der Waals surface area contributed by atoms with Gasteiger partial charge in [-0.05, 0) is 22.4 Å². The summed E-state index contributed by atoms with van der Waals surface area (Å²) in [4.78, 5) is 0. The van der Waals surface area contributed by atoms with Crippen LogP contribution in [0, 0.1) is 0 Å². The molecule has 1 fully saturated rings. The van der Waals surface area contributed by atoms with Gasteiger partial charge in [0.15, 0.2) is 0 Å². The molecule has 0 spiro atoms. The average molecular weight is 126 g/mol. The number of hydrogen-bond acceptors (Lipinski definition) is 2. The normalized spacial score (nSPS) is 25.8. The van der Waals surface area contributed by atoms with Crippen LogP contribution in [-0.2, 0) is 4.74 Å². The molecule has 0 N–H and O–H groups in total. The van der Waals surface area contributed by atoms with Crippen LogP contribution in [-0.4, -0.2) is 6.61 Å². The Morgan fingerprint density at radius 2 is 2.62 bits per heavy atom. The van der Waals surface area contributed by atoms with Gasteiger partial charge < -0.3 is 4.74 Å². The minimum Gasteiger partial charge on any atom is -0.368 e. The van der Waals surface area contributed by atoms with E-state index in [2.05, 4.69) is 16.8 Å². The lowest BCUT2D eigenvalue weighted by atomic mass is 10.3. The van der Waals surface area contributed by atoms with Crippen LogP contribution in [0.3, 0.4) is 0 Å². The van der Waals surface area contributed by atoms with E-state index in [0.717, 1.165) is 6.61 Å². The third-order valence-corrected chi connectivity index (χ3v) is 1.95. The van der Waals surface area contributed by atoms with E-state index < -0.39 is 0 Å². The fourth-order valence-corrected chi connectivity index (χ4v) is 1.40. The summed E-state index contributed by atoms with van der Waals surface area (Å²) in [6.45, 7) is 0.927. The fourth-order valence-electron chi connectivity index (χ4n) is 0.699. The maximum atomic E-state index is 5.06. The van der Waals surface area contributed by atoms with Crippen LogP contribution in [0.2, 0.25) is 0 Å². The Hall–Kier alpha value is -0.340. The van der Waals surface area contributed by atoms with Crippen molar-refractivity contribution < 1.29 is 4.74 Å². The number of ether oxygens (including phenoxy) is 1. The molecule has 0 aromatic carbocycles. The van der Waals surface area contributed by atoms with E-state index in [9.17, 15) is 0 Å². The van der Waals surface area contributed by atoms with Gasteiger partial charge in [0.2, 0.25) is 0 Å². The van der Waals surface area contributed by atoms with Crippen molar-refractivity contribution in [2.75, 3.05) is 6.61 Å². The topological polar surface area (TPSA) is 12.5 Å². The number of thiophene rings is 1. The first kappa shape index (κ1) is 4.53. The number of hydrogen-bond donors (Lipinski definition) is 0. The van der Waals surface area contributed by atoms with Crippen molar-refractivity contribution in [3.8, 4) is 0 Å². The largest absolute Gasteiger partial charge is 0.368 e. The van der Waals surface area contributed by atoms with Crippen molar-refractivity contribution in [1.82, 2.24) is 0 Å². The van der Waals surface area contributed by atoms with Crippen molar-refractivity contribution >= 4 is 11.3 Å². The molecule has 8 heavy (non-hydrogen) atoms. The molecular weight excluding hydrogens is 120 g/mol. The molecule has 1 atom stereocenters.